The van der Waals surface area contributed by atoms with E-state index in [-0.39, 0.29) is 0 Å². The average molecular weight is 556 g/mol. The third-order valence-electron chi connectivity index (χ3n) is 9.01. The van der Waals surface area contributed by atoms with Crippen molar-refractivity contribution in [3.8, 4) is 39.1 Å². The minimum atomic E-state index is 1.08. The van der Waals surface area contributed by atoms with E-state index in [0.717, 1.165) is 12.8 Å². The van der Waals surface area contributed by atoms with Crippen molar-refractivity contribution in [1.29, 1.82) is 0 Å². The van der Waals surface area contributed by atoms with Crippen molar-refractivity contribution in [2.75, 3.05) is 0 Å². The van der Waals surface area contributed by atoms with Crippen LogP contribution in [-0.2, 0) is 6.42 Å². The Kier molecular flexibility index (Phi) is 6.95. The van der Waals surface area contributed by atoms with Gasteiger partial charge in [-0.05, 0) is 125 Å². The summed E-state index contributed by atoms with van der Waals surface area (Å²) in [4.78, 5) is 0. The van der Waals surface area contributed by atoms with E-state index in [1.54, 1.807) is 0 Å². The van der Waals surface area contributed by atoms with E-state index >= 15 is 0 Å². The third-order valence-corrected chi connectivity index (χ3v) is 9.01. The second-order valence-electron chi connectivity index (χ2n) is 11.9. The zero-order valence-electron chi connectivity index (χ0n) is 25.5. The lowest BCUT2D eigenvalue weighted by Crippen LogP contribution is -1.95. The van der Waals surface area contributed by atoms with Crippen LogP contribution >= 0.6 is 0 Å². The molecule has 0 amide bonds. The summed E-state index contributed by atoms with van der Waals surface area (Å²) >= 11 is 0. The van der Waals surface area contributed by atoms with Crippen molar-refractivity contribution in [2.45, 2.75) is 40.5 Å². The van der Waals surface area contributed by atoms with Gasteiger partial charge in [-0.2, -0.15) is 0 Å². The van der Waals surface area contributed by atoms with Crippen LogP contribution in [0, 0.1) is 20.8 Å². The summed E-state index contributed by atoms with van der Waals surface area (Å²) in [6, 6.07) is 47.3. The van der Waals surface area contributed by atoms with Gasteiger partial charge in [-0.3, -0.25) is 0 Å². The molecule has 0 unspecified atom stereocenters. The predicted molar refractivity (Wildman–Crippen MR) is 185 cm³/mol. The summed E-state index contributed by atoms with van der Waals surface area (Å²) in [5.41, 5.74) is 16.7. The lowest BCUT2D eigenvalue weighted by molar-refractivity contribution is 0.923. The highest BCUT2D eigenvalue weighted by Gasteiger charge is 2.15. The van der Waals surface area contributed by atoms with E-state index in [4.69, 9.17) is 0 Å². The van der Waals surface area contributed by atoms with Crippen LogP contribution in [0.4, 0.5) is 0 Å². The first-order valence-electron chi connectivity index (χ1n) is 15.4. The van der Waals surface area contributed by atoms with E-state index in [1.165, 1.54) is 83.1 Å². The van der Waals surface area contributed by atoms with Crippen LogP contribution in [0.25, 0.3) is 60.9 Å². The molecule has 0 spiro atoms. The van der Waals surface area contributed by atoms with E-state index < -0.39 is 0 Å². The van der Waals surface area contributed by atoms with Gasteiger partial charge in [0.05, 0.1) is 11.0 Å². The maximum Gasteiger partial charge on any atom is 0.0541 e. The molecule has 0 aliphatic carbocycles. The molecule has 7 aromatic rings. The predicted octanol–water partition coefficient (Wildman–Crippen LogP) is 11.7. The second kappa shape index (κ2) is 11.1. The van der Waals surface area contributed by atoms with Crippen LogP contribution in [0.15, 0.2) is 127 Å². The van der Waals surface area contributed by atoms with E-state index in [0.29, 0.717) is 0 Å². The Hall–Kier alpha value is -4.88. The number of hydrogen-bond donors (Lipinski definition) is 0. The van der Waals surface area contributed by atoms with Crippen LogP contribution in [0.5, 0.6) is 0 Å². The van der Waals surface area contributed by atoms with Gasteiger partial charge in [0.15, 0.2) is 0 Å². The molecule has 6 aromatic carbocycles. The summed E-state index contributed by atoms with van der Waals surface area (Å²) in [6.45, 7) is 8.84. The molecule has 1 nitrogen and oxygen atoms in total. The molecule has 0 radical (unpaired) electrons. The van der Waals surface area contributed by atoms with Crippen LogP contribution in [0.3, 0.4) is 0 Å². The highest BCUT2D eigenvalue weighted by molar-refractivity contribution is 6.10. The molecule has 0 saturated heterocycles. The maximum absolute atomic E-state index is 2.41. The van der Waals surface area contributed by atoms with Gasteiger partial charge in [-0.15, -0.1) is 0 Å². The Morgan fingerprint density at radius 3 is 1.95 bits per heavy atom. The molecule has 1 aromatic heterocycles. The summed E-state index contributed by atoms with van der Waals surface area (Å²) in [7, 11) is 0. The average Bonchev–Trinajstić information content (AvgIpc) is 3.37. The van der Waals surface area contributed by atoms with Crippen molar-refractivity contribution in [1.82, 2.24) is 4.57 Å². The Bertz CT molecular complexity index is 2120. The first kappa shape index (κ1) is 27.0. The van der Waals surface area contributed by atoms with Crippen molar-refractivity contribution in [3.63, 3.8) is 0 Å². The molecule has 0 saturated carbocycles. The molecule has 1 heteroatoms. The summed E-state index contributed by atoms with van der Waals surface area (Å²) in [5.74, 6) is 0. The number of hydrogen-bond acceptors (Lipinski definition) is 0. The van der Waals surface area contributed by atoms with Crippen LogP contribution in [0.2, 0.25) is 0 Å². The number of aryl methyl sites for hydroxylation is 4. The molecule has 0 bridgehead atoms. The smallest absolute Gasteiger partial charge is 0.0541 e. The lowest BCUT2D eigenvalue weighted by Gasteiger charge is -2.15. The van der Waals surface area contributed by atoms with E-state index in [2.05, 4.69) is 160 Å². The van der Waals surface area contributed by atoms with Gasteiger partial charge in [0, 0.05) is 16.5 Å². The quantitative estimate of drug-likeness (QED) is 0.192. The monoisotopic (exact) mass is 555 g/mol. The highest BCUT2D eigenvalue weighted by Crippen LogP contribution is 2.37. The molecule has 0 N–H and O–H groups in total. The number of nitrogens with zero attached hydrogens (tertiary/aromatic N) is 1. The first-order chi connectivity index (χ1) is 21.0. The number of fused-ring (bicyclic) bond motifs is 3. The Morgan fingerprint density at radius 2 is 1.16 bits per heavy atom. The largest absolute Gasteiger partial charge is 0.309 e. The molecule has 0 atom stereocenters. The summed E-state index contributed by atoms with van der Waals surface area (Å²) < 4.78 is 2.41. The van der Waals surface area contributed by atoms with Gasteiger partial charge in [0.1, 0.15) is 0 Å². The zero-order chi connectivity index (χ0) is 29.5. The van der Waals surface area contributed by atoms with Gasteiger partial charge in [0.2, 0.25) is 0 Å². The standard InChI is InChI=1S/C42H37N/c1-5-11-31-19-20-34(26-39(31)37-15-7-6-12-29(37)3)32-13-10-14-33(25-32)35-21-23-42-40(27-35)38-16-8-9-17-41(38)43(42)36-22-18-28(2)30(4)24-36/h6-10,12-27H,5,11H2,1-4H3. The fraction of sp³-hybridized carbons (Fsp3) is 0.143. The lowest BCUT2D eigenvalue weighted by atomic mass is 9.90. The third kappa shape index (κ3) is 4.85. The van der Waals surface area contributed by atoms with Gasteiger partial charge in [0.25, 0.3) is 0 Å². The van der Waals surface area contributed by atoms with Crippen LogP contribution in [-0.4, -0.2) is 4.57 Å². The van der Waals surface area contributed by atoms with Crippen molar-refractivity contribution in [2.24, 2.45) is 0 Å². The SMILES string of the molecule is CCCc1ccc(-c2cccc(-c3ccc4c(c3)c3ccccc3n4-c3ccc(C)c(C)c3)c2)cc1-c1ccccc1C. The molecule has 0 aliphatic rings. The number of rotatable bonds is 6. The normalized spacial score (nSPS) is 11.4. The molecule has 0 aliphatic heterocycles. The van der Waals surface area contributed by atoms with Crippen molar-refractivity contribution in [3.05, 3.63) is 150 Å². The number of benzene rings is 6. The van der Waals surface area contributed by atoms with Crippen LogP contribution < -0.4 is 0 Å². The van der Waals surface area contributed by atoms with Crippen molar-refractivity contribution >= 4 is 21.8 Å². The molecule has 43 heavy (non-hydrogen) atoms. The molecule has 210 valence electrons. The van der Waals surface area contributed by atoms with Gasteiger partial charge in [-0.1, -0.05) is 98.3 Å². The fourth-order valence-electron chi connectivity index (χ4n) is 6.54. The summed E-state index contributed by atoms with van der Waals surface area (Å²) in [6.07, 6.45) is 2.22. The minimum Gasteiger partial charge on any atom is -0.309 e. The first-order valence-corrected chi connectivity index (χ1v) is 15.4. The molecular weight excluding hydrogens is 518 g/mol. The number of aromatic nitrogens is 1. The van der Waals surface area contributed by atoms with Crippen LogP contribution in [0.1, 0.15) is 35.6 Å². The fourth-order valence-corrected chi connectivity index (χ4v) is 6.54. The second-order valence-corrected chi connectivity index (χ2v) is 11.9. The molecule has 7 rings (SSSR count). The van der Waals surface area contributed by atoms with Crippen molar-refractivity contribution < 1.29 is 0 Å². The molecule has 1 heterocycles. The molecule has 0 fully saturated rings. The Balaban J connectivity index is 1.34. The topological polar surface area (TPSA) is 4.93 Å². The Labute approximate surface area is 255 Å². The summed E-state index contributed by atoms with van der Waals surface area (Å²) in [5, 5.41) is 2.56. The maximum atomic E-state index is 2.41. The molecular formula is C42H37N. The number of para-hydroxylation sites is 1. The van der Waals surface area contributed by atoms with E-state index in [1.807, 2.05) is 0 Å². The highest BCUT2D eigenvalue weighted by atomic mass is 15.0. The zero-order valence-corrected chi connectivity index (χ0v) is 25.5. The van der Waals surface area contributed by atoms with Gasteiger partial charge >= 0.3 is 0 Å². The van der Waals surface area contributed by atoms with Gasteiger partial charge in [-0.25, -0.2) is 0 Å². The van der Waals surface area contributed by atoms with Gasteiger partial charge < -0.3 is 4.57 Å². The minimum absolute atomic E-state index is 1.08. The Morgan fingerprint density at radius 1 is 0.465 bits per heavy atom. The van der Waals surface area contributed by atoms with E-state index in [9.17, 15) is 0 Å².